The lowest BCUT2D eigenvalue weighted by molar-refractivity contribution is 0.224. The number of nitrogens with zero attached hydrogens (tertiary/aromatic N) is 4. The molecule has 0 bridgehead atoms. The Balaban J connectivity index is 3.13. The number of nitriles is 1. The van der Waals surface area contributed by atoms with Crippen LogP contribution in [0.25, 0.3) is 0 Å². The van der Waals surface area contributed by atoms with E-state index in [9.17, 15) is 0 Å². The van der Waals surface area contributed by atoms with Gasteiger partial charge in [-0.2, -0.15) is 5.26 Å². The smallest absolute Gasteiger partial charge is 0.100 e. The van der Waals surface area contributed by atoms with Gasteiger partial charge in [0.1, 0.15) is 5.69 Å². The Morgan fingerprint density at radius 1 is 1.47 bits per heavy atom. The molecule has 0 spiro atoms. The minimum absolute atomic E-state index is 0.0229. The summed E-state index contributed by atoms with van der Waals surface area (Å²) < 4.78 is 1.71. The van der Waals surface area contributed by atoms with Crippen LogP contribution in [-0.4, -0.2) is 26.7 Å². The lowest BCUT2D eigenvalue weighted by atomic mass is 10.1. The zero-order chi connectivity index (χ0) is 11.4. The quantitative estimate of drug-likeness (QED) is 0.801. The van der Waals surface area contributed by atoms with Crippen molar-refractivity contribution in [2.45, 2.75) is 39.2 Å². The van der Waals surface area contributed by atoms with Crippen molar-refractivity contribution < 1.29 is 5.11 Å². The standard InChI is InChI=1S/C10H16N4O/c1-7(2)10-9(4-5-11)12-13-14(10)8(3)6-15/h7-8,15H,4,6H2,1-3H3. The van der Waals surface area contributed by atoms with Crippen LogP contribution in [0.15, 0.2) is 0 Å². The van der Waals surface area contributed by atoms with E-state index in [2.05, 4.69) is 16.4 Å². The summed E-state index contributed by atoms with van der Waals surface area (Å²) in [6.07, 6.45) is 0.270. The first-order chi connectivity index (χ1) is 7.11. The summed E-state index contributed by atoms with van der Waals surface area (Å²) in [7, 11) is 0. The summed E-state index contributed by atoms with van der Waals surface area (Å²) in [6, 6.07) is 1.98. The van der Waals surface area contributed by atoms with Gasteiger partial charge in [-0.1, -0.05) is 19.1 Å². The van der Waals surface area contributed by atoms with E-state index in [1.165, 1.54) is 0 Å². The number of aliphatic hydroxyl groups is 1. The van der Waals surface area contributed by atoms with Gasteiger partial charge >= 0.3 is 0 Å². The zero-order valence-electron chi connectivity index (χ0n) is 9.30. The van der Waals surface area contributed by atoms with Crippen molar-refractivity contribution in [1.29, 1.82) is 5.26 Å². The van der Waals surface area contributed by atoms with Gasteiger partial charge in [-0.3, -0.25) is 0 Å². The molecule has 1 heterocycles. The highest BCUT2D eigenvalue weighted by atomic mass is 16.3. The number of aromatic nitrogens is 3. The molecule has 1 aromatic rings. The Morgan fingerprint density at radius 3 is 2.60 bits per heavy atom. The topological polar surface area (TPSA) is 74.7 Å². The van der Waals surface area contributed by atoms with Crippen LogP contribution >= 0.6 is 0 Å². The predicted molar refractivity (Wildman–Crippen MR) is 55.2 cm³/mol. The SMILES string of the molecule is CC(C)c1c(CC#N)nnn1C(C)CO. The number of hydrogen-bond donors (Lipinski definition) is 1. The molecule has 0 saturated heterocycles. The average molecular weight is 208 g/mol. The van der Waals surface area contributed by atoms with E-state index in [-0.39, 0.29) is 25.0 Å². The minimum Gasteiger partial charge on any atom is -0.394 e. The van der Waals surface area contributed by atoms with Crippen molar-refractivity contribution in [1.82, 2.24) is 15.0 Å². The van der Waals surface area contributed by atoms with Gasteiger partial charge in [-0.15, -0.1) is 5.10 Å². The molecule has 0 radical (unpaired) electrons. The lowest BCUT2D eigenvalue weighted by Gasteiger charge is -2.14. The van der Waals surface area contributed by atoms with E-state index in [0.29, 0.717) is 5.69 Å². The molecular formula is C10H16N4O. The third kappa shape index (κ3) is 2.34. The van der Waals surface area contributed by atoms with E-state index in [1.807, 2.05) is 20.8 Å². The molecular weight excluding hydrogens is 192 g/mol. The van der Waals surface area contributed by atoms with Crippen molar-refractivity contribution in [3.05, 3.63) is 11.4 Å². The molecule has 0 fully saturated rings. The van der Waals surface area contributed by atoms with Crippen LogP contribution in [0, 0.1) is 11.3 Å². The Hall–Kier alpha value is -1.41. The second kappa shape index (κ2) is 4.89. The highest BCUT2D eigenvalue weighted by molar-refractivity contribution is 5.18. The van der Waals surface area contributed by atoms with Gasteiger partial charge in [0.2, 0.25) is 0 Å². The lowest BCUT2D eigenvalue weighted by Crippen LogP contribution is -2.15. The molecule has 5 heteroatoms. The zero-order valence-corrected chi connectivity index (χ0v) is 9.30. The third-order valence-corrected chi connectivity index (χ3v) is 2.28. The van der Waals surface area contributed by atoms with Crippen LogP contribution < -0.4 is 0 Å². The van der Waals surface area contributed by atoms with Crippen LogP contribution in [-0.2, 0) is 6.42 Å². The van der Waals surface area contributed by atoms with Gasteiger partial charge in [0.15, 0.2) is 0 Å². The van der Waals surface area contributed by atoms with Gasteiger partial charge in [0.05, 0.1) is 30.8 Å². The van der Waals surface area contributed by atoms with E-state index in [0.717, 1.165) is 5.69 Å². The number of hydrogen-bond acceptors (Lipinski definition) is 4. The fourth-order valence-electron chi connectivity index (χ4n) is 1.54. The normalized spacial score (nSPS) is 12.8. The van der Waals surface area contributed by atoms with E-state index in [4.69, 9.17) is 10.4 Å². The Morgan fingerprint density at radius 2 is 2.13 bits per heavy atom. The monoisotopic (exact) mass is 208 g/mol. The molecule has 0 amide bonds. The summed E-state index contributed by atoms with van der Waals surface area (Å²) in [4.78, 5) is 0. The number of rotatable bonds is 4. The fraction of sp³-hybridized carbons (Fsp3) is 0.700. The van der Waals surface area contributed by atoms with Crippen molar-refractivity contribution in [3.8, 4) is 6.07 Å². The Bertz CT molecular complexity index is 364. The van der Waals surface area contributed by atoms with E-state index >= 15 is 0 Å². The van der Waals surface area contributed by atoms with Crippen LogP contribution in [0.1, 0.15) is 44.1 Å². The maximum absolute atomic E-state index is 9.08. The molecule has 1 atom stereocenters. The molecule has 1 N–H and O–H groups in total. The Kier molecular flexibility index (Phi) is 3.81. The first-order valence-corrected chi connectivity index (χ1v) is 5.03. The molecule has 5 nitrogen and oxygen atoms in total. The highest BCUT2D eigenvalue weighted by Gasteiger charge is 2.18. The first-order valence-electron chi connectivity index (χ1n) is 5.03. The summed E-state index contributed by atoms with van der Waals surface area (Å²) in [6.45, 7) is 5.95. The summed E-state index contributed by atoms with van der Waals surface area (Å²) in [5.74, 6) is 0.248. The third-order valence-electron chi connectivity index (χ3n) is 2.28. The molecule has 0 aliphatic carbocycles. The number of aliphatic hydroxyl groups excluding tert-OH is 1. The maximum Gasteiger partial charge on any atom is 0.100 e. The molecule has 1 unspecified atom stereocenters. The van der Waals surface area contributed by atoms with Crippen molar-refractivity contribution in [2.24, 2.45) is 0 Å². The van der Waals surface area contributed by atoms with Gasteiger partial charge in [0.25, 0.3) is 0 Å². The van der Waals surface area contributed by atoms with Crippen molar-refractivity contribution in [2.75, 3.05) is 6.61 Å². The maximum atomic E-state index is 9.08. The molecule has 1 aromatic heterocycles. The predicted octanol–water partition coefficient (Wildman–Crippen LogP) is 1.02. The van der Waals surface area contributed by atoms with Crippen molar-refractivity contribution in [3.63, 3.8) is 0 Å². The van der Waals surface area contributed by atoms with Crippen LogP contribution in [0.4, 0.5) is 0 Å². The van der Waals surface area contributed by atoms with E-state index in [1.54, 1.807) is 4.68 Å². The van der Waals surface area contributed by atoms with Gasteiger partial charge in [0, 0.05) is 0 Å². The average Bonchev–Trinajstić information content (AvgIpc) is 2.61. The van der Waals surface area contributed by atoms with Crippen molar-refractivity contribution >= 4 is 0 Å². The molecule has 82 valence electrons. The highest BCUT2D eigenvalue weighted by Crippen LogP contribution is 2.20. The molecule has 0 aliphatic heterocycles. The van der Waals surface area contributed by atoms with Crippen LogP contribution in [0.5, 0.6) is 0 Å². The largest absolute Gasteiger partial charge is 0.394 e. The second-order valence-corrected chi connectivity index (χ2v) is 3.89. The van der Waals surface area contributed by atoms with Crippen LogP contribution in [0.3, 0.4) is 0 Å². The van der Waals surface area contributed by atoms with Gasteiger partial charge in [-0.25, -0.2) is 4.68 Å². The molecule has 0 aromatic carbocycles. The summed E-state index contributed by atoms with van der Waals surface area (Å²) in [5, 5.41) is 25.7. The molecule has 0 aliphatic rings. The van der Waals surface area contributed by atoms with Crippen LogP contribution in [0.2, 0.25) is 0 Å². The van der Waals surface area contributed by atoms with E-state index < -0.39 is 0 Å². The molecule has 15 heavy (non-hydrogen) atoms. The molecule has 0 saturated carbocycles. The first kappa shape index (κ1) is 11.7. The summed E-state index contributed by atoms with van der Waals surface area (Å²) >= 11 is 0. The van der Waals surface area contributed by atoms with Gasteiger partial charge < -0.3 is 5.11 Å². The minimum atomic E-state index is -0.0951. The van der Waals surface area contributed by atoms with Gasteiger partial charge in [-0.05, 0) is 12.8 Å². The fourth-order valence-corrected chi connectivity index (χ4v) is 1.54. The molecule has 1 rings (SSSR count). The second-order valence-electron chi connectivity index (χ2n) is 3.89. The summed E-state index contributed by atoms with van der Waals surface area (Å²) in [5.41, 5.74) is 1.66. The Labute approximate surface area is 89.3 Å².